The van der Waals surface area contributed by atoms with Gasteiger partial charge in [-0.25, -0.2) is 0 Å². The van der Waals surface area contributed by atoms with Crippen molar-refractivity contribution in [1.82, 2.24) is 0 Å². The van der Waals surface area contributed by atoms with E-state index in [9.17, 15) is 33.7 Å². The first-order valence-electron chi connectivity index (χ1n) is 37.1. The summed E-state index contributed by atoms with van der Waals surface area (Å²) in [4.78, 5) is 32.1. The van der Waals surface area contributed by atoms with Crippen LogP contribution in [0.5, 0.6) is 0 Å². The molecule has 4 rings (SSSR count). The molecule has 0 fully saturated rings. The van der Waals surface area contributed by atoms with E-state index in [2.05, 4.69) is 46.1 Å². The highest BCUT2D eigenvalue weighted by atomic mass is 32.2. The van der Waals surface area contributed by atoms with Crippen molar-refractivity contribution < 1.29 is 151 Å². The van der Waals surface area contributed by atoms with Gasteiger partial charge in [-0.3, -0.25) is 4.18 Å². The Kier molecular flexibility index (Phi) is 42.8. The highest BCUT2D eigenvalue weighted by Gasteiger charge is 2.44. The number of hydrogen-bond acceptors (Lipinski definition) is 33. The molecule has 0 aliphatic heterocycles. The van der Waals surface area contributed by atoms with Gasteiger partial charge in [0.15, 0.2) is 11.6 Å². The zero-order chi connectivity index (χ0) is 87.9. The lowest BCUT2D eigenvalue weighted by Gasteiger charge is -2.43. The van der Waals surface area contributed by atoms with Crippen LogP contribution in [0.4, 0.5) is 0 Å². The second kappa shape index (κ2) is 49.2. The van der Waals surface area contributed by atoms with Crippen LogP contribution in [0.25, 0.3) is 0 Å². The molecule has 0 aromatic heterocycles. The van der Waals surface area contributed by atoms with Gasteiger partial charge in [0.1, 0.15) is 108 Å². The molecule has 37 heteroatoms. The molecular weight excluding hydrogens is 1630 g/mol. The molecule has 0 aliphatic carbocycles. The summed E-state index contributed by atoms with van der Waals surface area (Å²) in [5, 5.41) is 0. The van der Waals surface area contributed by atoms with Crippen molar-refractivity contribution in [3.63, 3.8) is 0 Å². The van der Waals surface area contributed by atoms with E-state index in [0.29, 0.717) is 5.76 Å². The lowest BCUT2D eigenvalue weighted by atomic mass is 9.94. The fourth-order valence-electron chi connectivity index (χ4n) is 9.66. The van der Waals surface area contributed by atoms with Gasteiger partial charge in [-0.15, -0.1) is 0 Å². The van der Waals surface area contributed by atoms with Crippen molar-refractivity contribution >= 4 is 40.5 Å². The van der Waals surface area contributed by atoms with Crippen LogP contribution in [0.3, 0.4) is 0 Å². The van der Waals surface area contributed by atoms with Crippen LogP contribution in [0.15, 0.2) is 204 Å². The molecule has 4 aromatic rings. The summed E-state index contributed by atoms with van der Waals surface area (Å²) in [5.41, 5.74) is -2.43. The highest BCUT2D eigenvalue weighted by Crippen LogP contribution is 2.32. The van der Waals surface area contributed by atoms with Crippen LogP contribution in [0, 0.1) is 33.1 Å². The Morgan fingerprint density at radius 1 is 0.288 bits per heavy atom. The predicted molar refractivity (Wildman–Crippen MR) is 429 cm³/mol. The molecule has 0 bridgehead atoms. The average molecular weight is 1750 g/mol. The van der Waals surface area contributed by atoms with Crippen molar-refractivity contribution in [2.75, 3.05) is 152 Å². The second-order valence-electron chi connectivity index (χ2n) is 28.9. The Hall–Kier alpha value is -7.74. The van der Waals surface area contributed by atoms with E-state index >= 15 is 0 Å². The van der Waals surface area contributed by atoms with Crippen molar-refractivity contribution in [1.29, 1.82) is 0 Å². The van der Waals surface area contributed by atoms with Crippen LogP contribution in [0.1, 0.15) is 91.5 Å². The predicted octanol–water partition coefficient (Wildman–Crippen LogP) is 12.2. The lowest BCUT2D eigenvalue weighted by Crippen LogP contribution is -2.55. The largest absolute Gasteiger partial charge is 0.496 e. The number of ether oxygens (including phenoxy) is 15. The topological polar surface area (TPSA) is 367 Å². The summed E-state index contributed by atoms with van der Waals surface area (Å²) in [6, 6.07) is 23.9. The minimum Gasteiger partial charge on any atom is -0.496 e. The molecule has 4 aromatic carbocycles. The summed E-state index contributed by atoms with van der Waals surface area (Å²) in [6.07, 6.45) is 0. The SMILES string of the molecule is C=C(C)OCCOC(C)(COCC(C)(COCC(C)(COOC(=C)C)COOC(=C)C)OC(C)(COC(C)(COCCOC(=C)OS(=O)(=O)c1ccc(C)cc1)OCCOCCOS(=O)(=O)c1ccc(C)cc1)COC(C)(COCCOC(=C)OS(=O)(=O)c1ccc(C)cc1)OCCOC(=C)OS(=O)(=O)c1ccc(C)cc1)COOC(=C)C. The van der Waals surface area contributed by atoms with Gasteiger partial charge in [0, 0.05) is 5.41 Å². The molecule has 0 spiro atoms. The monoisotopic (exact) mass is 1750 g/mol. The first-order chi connectivity index (χ1) is 55.2. The van der Waals surface area contributed by atoms with Crippen LogP contribution < -0.4 is 0 Å². The average Bonchev–Trinajstić information content (AvgIpc) is 0.843. The van der Waals surface area contributed by atoms with Gasteiger partial charge in [0.05, 0.1) is 103 Å². The van der Waals surface area contributed by atoms with E-state index in [4.69, 9.17) is 117 Å². The number of allylic oxidation sites excluding steroid dienone is 4. The van der Waals surface area contributed by atoms with Gasteiger partial charge in [-0.05, 0) is 158 Å². The molecule has 0 amide bonds. The zero-order valence-corrected chi connectivity index (χ0v) is 73.3. The van der Waals surface area contributed by atoms with E-state index < -0.39 is 119 Å². The Labute approximate surface area is 696 Å². The van der Waals surface area contributed by atoms with Crippen LogP contribution in [0.2, 0.25) is 0 Å². The number of benzene rings is 4. The summed E-state index contributed by atoms with van der Waals surface area (Å²) >= 11 is 0. The quantitative estimate of drug-likeness (QED) is 0.00989. The standard InChI is InChI=1S/C81H118O33S4/c1-61(2)95-44-47-99-77(17,58-106-110-64(7)8)53-94-55-78(18,54-93-50-76(16,51-104-108-62(3)4)52-105-109-63(5)6)114-79(19,56-102-80(20,100-46-40-90-41-49-107-115(82,83)72-30-22-65(9)23-31-72)59-91-38-42-96-69(13)111-116(84,85)73-32-24-66(10)25-33-73)57-103-81(21,101-48-45-98-71(15)113-118(88,89)75-36-28-68(12)29-37-75)60-92-39-43-97-70(14)112-117(86,87)74-34-26-67(11)27-35-74/h22-37H,1,3,5,7,13-15,38-60H2,2,4,6,8-12,16-21H3. The Morgan fingerprint density at radius 3 is 0.975 bits per heavy atom. The second-order valence-corrected chi connectivity index (χ2v) is 35.1. The van der Waals surface area contributed by atoms with Crippen molar-refractivity contribution in [3.05, 3.63) is 206 Å². The molecule has 5 unspecified atom stereocenters. The third-order valence-corrected chi connectivity index (χ3v) is 20.7. The van der Waals surface area contributed by atoms with E-state index in [1.165, 1.54) is 62.4 Å². The smallest absolute Gasteiger partial charge is 0.341 e. The third kappa shape index (κ3) is 41.0. The zero-order valence-electron chi connectivity index (χ0n) is 70.1. The van der Waals surface area contributed by atoms with E-state index in [-0.39, 0.29) is 162 Å². The lowest BCUT2D eigenvalue weighted by molar-refractivity contribution is -0.322. The molecule has 0 saturated heterocycles. The molecule has 0 saturated carbocycles. The maximum absolute atomic E-state index is 13.3. The summed E-state index contributed by atoms with van der Waals surface area (Å²) in [7, 11) is -17.2. The molecule has 33 nitrogen and oxygen atoms in total. The highest BCUT2D eigenvalue weighted by molar-refractivity contribution is 7.87. The van der Waals surface area contributed by atoms with Crippen molar-refractivity contribution in [2.45, 2.75) is 145 Å². The normalized spacial score (nSPS) is 14.6. The van der Waals surface area contributed by atoms with E-state index in [1.54, 1.807) is 125 Å². The molecular formula is C81H118O33S4. The Bertz CT molecular complexity index is 4260. The van der Waals surface area contributed by atoms with Gasteiger partial charge >= 0.3 is 30.4 Å². The molecule has 118 heavy (non-hydrogen) atoms. The minimum atomic E-state index is -4.40. The van der Waals surface area contributed by atoms with Gasteiger partial charge in [0.25, 0.3) is 28.0 Å². The number of rotatable bonds is 68. The van der Waals surface area contributed by atoms with Gasteiger partial charge in [0.2, 0.25) is 0 Å². The van der Waals surface area contributed by atoms with Crippen LogP contribution in [-0.2, 0) is 158 Å². The molecule has 0 aliphatic rings. The molecule has 664 valence electrons. The fourth-order valence-corrected chi connectivity index (χ4v) is 13.1. The molecule has 0 radical (unpaired) electrons. The number of hydrogen-bond donors (Lipinski definition) is 0. The van der Waals surface area contributed by atoms with Crippen LogP contribution in [-0.4, -0.2) is 214 Å². The van der Waals surface area contributed by atoms with E-state index in [0.717, 1.165) is 22.3 Å². The molecule has 0 N–H and O–H groups in total. The maximum atomic E-state index is 13.3. The van der Waals surface area contributed by atoms with Gasteiger partial charge in [-0.1, -0.05) is 104 Å². The Morgan fingerprint density at radius 2 is 0.593 bits per heavy atom. The van der Waals surface area contributed by atoms with E-state index in [1.807, 2.05) is 6.92 Å². The first-order valence-corrected chi connectivity index (χ1v) is 42.7. The summed E-state index contributed by atoms with van der Waals surface area (Å²) in [5.74, 6) is -4.19. The van der Waals surface area contributed by atoms with Crippen LogP contribution >= 0.6 is 0 Å². The summed E-state index contributed by atoms with van der Waals surface area (Å²) < 4.78 is 220. The third-order valence-electron chi connectivity index (χ3n) is 15.6. The molecule has 5 atom stereocenters. The fraction of sp³-hybridized carbons (Fsp3) is 0.531. The minimum absolute atomic E-state index is 0.0456. The van der Waals surface area contributed by atoms with Gasteiger partial charge < -0.3 is 98.3 Å². The first kappa shape index (κ1) is 103. The number of aryl methyl sites for hydroxylation is 4. The Balaban J connectivity index is 1.83. The van der Waals surface area contributed by atoms with Crippen molar-refractivity contribution in [3.8, 4) is 0 Å². The van der Waals surface area contributed by atoms with Gasteiger partial charge in [-0.2, -0.15) is 48.3 Å². The summed E-state index contributed by atoms with van der Waals surface area (Å²) in [6.45, 7) is 43.4. The maximum Gasteiger partial charge on any atom is 0.341 e. The molecule has 0 heterocycles. The van der Waals surface area contributed by atoms with Crippen molar-refractivity contribution in [2.24, 2.45) is 5.41 Å².